The highest BCUT2D eigenvalue weighted by molar-refractivity contribution is 14.1. The summed E-state index contributed by atoms with van der Waals surface area (Å²) in [5, 5.41) is 2.85. The molecule has 4 nitrogen and oxygen atoms in total. The van der Waals surface area contributed by atoms with E-state index in [9.17, 15) is 4.79 Å². The van der Waals surface area contributed by atoms with Gasteiger partial charge in [0.2, 0.25) is 0 Å². The summed E-state index contributed by atoms with van der Waals surface area (Å²) in [7, 11) is 0. The van der Waals surface area contributed by atoms with E-state index >= 15 is 0 Å². The van der Waals surface area contributed by atoms with Gasteiger partial charge in [-0.05, 0) is 53.8 Å². The molecule has 0 bridgehead atoms. The topological polar surface area (TPSA) is 68.0 Å². The molecule has 2 rings (SSSR count). The lowest BCUT2D eigenvalue weighted by Crippen LogP contribution is -2.13. The third-order valence-corrected chi connectivity index (χ3v) is 3.30. The van der Waals surface area contributed by atoms with E-state index in [4.69, 9.17) is 5.73 Å². The van der Waals surface area contributed by atoms with Crippen molar-refractivity contribution in [2.75, 3.05) is 11.1 Å². The Morgan fingerprint density at radius 1 is 1.33 bits per heavy atom. The highest BCUT2D eigenvalue weighted by Crippen LogP contribution is 2.18. The number of carbonyl (C=O) groups excluding carboxylic acids is 1. The fourth-order valence-electron chi connectivity index (χ4n) is 1.58. The maximum absolute atomic E-state index is 12.1. The maximum atomic E-state index is 12.1. The minimum Gasteiger partial charge on any atom is -0.384 e. The van der Waals surface area contributed by atoms with Crippen LogP contribution in [0.1, 0.15) is 16.1 Å². The number of carbonyl (C=O) groups is 1. The zero-order chi connectivity index (χ0) is 13.1. The number of aromatic nitrogens is 1. The zero-order valence-electron chi connectivity index (χ0n) is 9.77. The lowest BCUT2D eigenvalue weighted by Gasteiger charge is -2.08. The first-order valence-electron chi connectivity index (χ1n) is 5.36. The van der Waals surface area contributed by atoms with Crippen molar-refractivity contribution in [1.29, 1.82) is 0 Å². The van der Waals surface area contributed by atoms with Crippen molar-refractivity contribution in [2.24, 2.45) is 0 Å². The van der Waals surface area contributed by atoms with Crippen LogP contribution in [0.5, 0.6) is 0 Å². The molecule has 92 valence electrons. The highest BCUT2D eigenvalue weighted by atomic mass is 127. The number of aryl methyl sites for hydroxylation is 1. The van der Waals surface area contributed by atoms with E-state index in [1.165, 1.54) is 0 Å². The first-order valence-corrected chi connectivity index (χ1v) is 6.44. The van der Waals surface area contributed by atoms with Crippen molar-refractivity contribution < 1.29 is 4.79 Å². The Morgan fingerprint density at radius 3 is 2.72 bits per heavy atom. The minimum atomic E-state index is -0.184. The van der Waals surface area contributed by atoms with Gasteiger partial charge in [0.25, 0.3) is 5.91 Å². The van der Waals surface area contributed by atoms with Gasteiger partial charge in [-0.1, -0.05) is 12.1 Å². The summed E-state index contributed by atoms with van der Waals surface area (Å²) < 4.78 is 0.988. The van der Waals surface area contributed by atoms with Gasteiger partial charge in [0, 0.05) is 14.8 Å². The van der Waals surface area contributed by atoms with Gasteiger partial charge in [-0.2, -0.15) is 0 Å². The van der Waals surface area contributed by atoms with Crippen LogP contribution in [0.15, 0.2) is 36.4 Å². The number of nitrogens with zero attached hydrogens (tertiary/aromatic N) is 1. The van der Waals surface area contributed by atoms with Crippen LogP contribution in [0.4, 0.5) is 11.5 Å². The second-order valence-corrected chi connectivity index (χ2v) is 5.02. The Kier molecular flexibility index (Phi) is 3.81. The molecule has 3 N–H and O–H groups in total. The number of nitrogen functional groups attached to an aromatic ring is 1. The molecular formula is C13H12IN3O. The van der Waals surface area contributed by atoms with Crippen LogP contribution in [0.3, 0.4) is 0 Å². The molecule has 18 heavy (non-hydrogen) atoms. The predicted molar refractivity (Wildman–Crippen MR) is 80.5 cm³/mol. The van der Waals surface area contributed by atoms with Gasteiger partial charge in [0.1, 0.15) is 5.82 Å². The zero-order valence-corrected chi connectivity index (χ0v) is 11.9. The van der Waals surface area contributed by atoms with Crippen LogP contribution in [-0.4, -0.2) is 10.9 Å². The molecule has 1 heterocycles. The fraction of sp³-hybridized carbons (Fsp3) is 0.0769. The van der Waals surface area contributed by atoms with Gasteiger partial charge in [-0.15, -0.1) is 0 Å². The molecule has 1 amide bonds. The summed E-state index contributed by atoms with van der Waals surface area (Å²) in [5.41, 5.74) is 7.65. The van der Waals surface area contributed by atoms with Crippen LogP contribution in [0, 0.1) is 10.5 Å². The lowest BCUT2D eigenvalue weighted by atomic mass is 10.2. The smallest absolute Gasteiger partial charge is 0.255 e. The summed E-state index contributed by atoms with van der Waals surface area (Å²) in [6.07, 6.45) is 0. The molecule has 0 radical (unpaired) electrons. The fourth-order valence-corrected chi connectivity index (χ4v) is 2.10. The van der Waals surface area contributed by atoms with E-state index in [1.54, 1.807) is 19.1 Å². The second-order valence-electron chi connectivity index (χ2n) is 3.86. The van der Waals surface area contributed by atoms with Crippen molar-refractivity contribution in [1.82, 2.24) is 4.98 Å². The van der Waals surface area contributed by atoms with Gasteiger partial charge >= 0.3 is 0 Å². The summed E-state index contributed by atoms with van der Waals surface area (Å²) in [6.45, 7) is 1.80. The number of hydrogen-bond acceptors (Lipinski definition) is 3. The molecule has 0 saturated carbocycles. The van der Waals surface area contributed by atoms with E-state index in [0.29, 0.717) is 11.4 Å². The molecule has 0 aliphatic rings. The van der Waals surface area contributed by atoms with Gasteiger partial charge in [-0.25, -0.2) is 4.98 Å². The normalized spacial score (nSPS) is 10.1. The second kappa shape index (κ2) is 5.34. The van der Waals surface area contributed by atoms with Crippen LogP contribution in [0.25, 0.3) is 0 Å². The number of nitrogens with one attached hydrogen (secondary N) is 1. The van der Waals surface area contributed by atoms with Gasteiger partial charge in [0.15, 0.2) is 0 Å². The Balaban J connectivity index is 2.25. The molecule has 0 atom stereocenters. The summed E-state index contributed by atoms with van der Waals surface area (Å²) >= 11 is 2.17. The van der Waals surface area contributed by atoms with E-state index in [1.807, 2.05) is 24.3 Å². The van der Waals surface area contributed by atoms with Crippen molar-refractivity contribution in [3.8, 4) is 0 Å². The van der Waals surface area contributed by atoms with E-state index in [2.05, 4.69) is 32.9 Å². The first kappa shape index (κ1) is 12.8. The number of rotatable bonds is 2. The molecule has 1 aromatic heterocycles. The molecule has 0 spiro atoms. The molecule has 2 aromatic rings. The van der Waals surface area contributed by atoms with E-state index in [-0.39, 0.29) is 5.91 Å². The number of benzene rings is 1. The minimum absolute atomic E-state index is 0.184. The summed E-state index contributed by atoms with van der Waals surface area (Å²) in [4.78, 5) is 16.1. The predicted octanol–water partition coefficient (Wildman–Crippen LogP) is 2.83. The number of amides is 1. The van der Waals surface area contributed by atoms with Crippen molar-refractivity contribution >= 4 is 40.0 Å². The average Bonchev–Trinajstić information content (AvgIpc) is 2.31. The Labute approximate surface area is 119 Å². The highest BCUT2D eigenvalue weighted by Gasteiger charge is 2.09. The molecule has 0 aliphatic heterocycles. The molecule has 5 heteroatoms. The molecule has 0 unspecified atom stereocenters. The Morgan fingerprint density at radius 2 is 2.06 bits per heavy atom. The van der Waals surface area contributed by atoms with Crippen LogP contribution in [0.2, 0.25) is 0 Å². The third-order valence-electron chi connectivity index (χ3n) is 2.36. The monoisotopic (exact) mass is 353 g/mol. The van der Waals surface area contributed by atoms with Crippen molar-refractivity contribution in [2.45, 2.75) is 6.92 Å². The third kappa shape index (κ3) is 2.98. The maximum Gasteiger partial charge on any atom is 0.255 e. The van der Waals surface area contributed by atoms with Crippen molar-refractivity contribution in [3.63, 3.8) is 0 Å². The molecular weight excluding hydrogens is 341 g/mol. The molecule has 1 aromatic carbocycles. The number of para-hydroxylation sites is 1. The number of anilines is 2. The lowest BCUT2D eigenvalue weighted by molar-refractivity contribution is 0.102. The average molecular weight is 353 g/mol. The van der Waals surface area contributed by atoms with Crippen LogP contribution in [-0.2, 0) is 0 Å². The van der Waals surface area contributed by atoms with Gasteiger partial charge in [0.05, 0.1) is 5.69 Å². The van der Waals surface area contributed by atoms with Crippen LogP contribution >= 0.6 is 22.6 Å². The van der Waals surface area contributed by atoms with Gasteiger partial charge in [-0.3, -0.25) is 4.79 Å². The largest absolute Gasteiger partial charge is 0.384 e. The standard InChI is InChI=1S/C13H12IN3O/c1-8-6-9(7-12(15)16-8)13(18)17-11-5-3-2-4-10(11)14/h2-7H,1H3,(H2,15,16)(H,17,18). The number of pyridine rings is 1. The summed E-state index contributed by atoms with van der Waals surface area (Å²) in [5.74, 6) is 0.166. The van der Waals surface area contributed by atoms with Crippen LogP contribution < -0.4 is 11.1 Å². The van der Waals surface area contributed by atoms with Crippen molar-refractivity contribution in [3.05, 3.63) is 51.2 Å². The van der Waals surface area contributed by atoms with Gasteiger partial charge < -0.3 is 11.1 Å². The van der Waals surface area contributed by atoms with E-state index < -0.39 is 0 Å². The number of halogens is 1. The molecule has 0 saturated heterocycles. The molecule has 0 aliphatic carbocycles. The Bertz CT molecular complexity index is 578. The quantitative estimate of drug-likeness (QED) is 0.816. The Hall–Kier alpha value is -1.63. The summed E-state index contributed by atoms with van der Waals surface area (Å²) in [6, 6.07) is 10.9. The molecule has 0 fully saturated rings. The SMILES string of the molecule is Cc1cc(C(=O)Nc2ccccc2I)cc(N)n1. The number of nitrogens with two attached hydrogens (primary N) is 1. The number of hydrogen-bond donors (Lipinski definition) is 2. The first-order chi connectivity index (χ1) is 8.56. The van der Waals surface area contributed by atoms with E-state index in [0.717, 1.165) is 15.0 Å².